The Hall–Kier alpha value is -2.08. The van der Waals surface area contributed by atoms with E-state index in [4.69, 9.17) is 0 Å². The molecule has 2 aromatic carbocycles. The predicted molar refractivity (Wildman–Crippen MR) is 84.8 cm³/mol. The standard InChI is InChI=1S/C20H18/c1-14-10-12-15(13-11-14)20-18-8-4-2-6-16(18)17-7-3-5-9-19(17)20/h2-10,12,20H,11,13H2,1H3. The molecule has 0 amide bonds. The lowest BCUT2D eigenvalue weighted by Crippen LogP contribution is -2.03. The van der Waals surface area contributed by atoms with E-state index in [0.717, 1.165) is 0 Å². The van der Waals surface area contributed by atoms with Crippen molar-refractivity contribution < 1.29 is 0 Å². The molecule has 0 aromatic heterocycles. The summed E-state index contributed by atoms with van der Waals surface area (Å²) in [5.74, 6) is 0.465. The normalized spacial score (nSPS) is 17.2. The first-order valence-corrected chi connectivity index (χ1v) is 7.39. The van der Waals surface area contributed by atoms with Gasteiger partial charge in [-0.15, -0.1) is 0 Å². The summed E-state index contributed by atoms with van der Waals surface area (Å²) in [6.45, 7) is 2.23. The van der Waals surface area contributed by atoms with Crippen LogP contribution in [-0.2, 0) is 0 Å². The summed E-state index contributed by atoms with van der Waals surface area (Å²) in [6, 6.07) is 17.8. The van der Waals surface area contributed by atoms with E-state index in [9.17, 15) is 0 Å². The second kappa shape index (κ2) is 4.49. The molecular formula is C20H18. The molecule has 2 aliphatic carbocycles. The Morgan fingerprint density at radius 1 is 0.750 bits per heavy atom. The van der Waals surface area contributed by atoms with Crippen molar-refractivity contribution in [1.82, 2.24) is 0 Å². The number of allylic oxidation sites excluding steroid dienone is 4. The zero-order valence-electron chi connectivity index (χ0n) is 11.8. The van der Waals surface area contributed by atoms with Crippen LogP contribution >= 0.6 is 0 Å². The first-order chi connectivity index (χ1) is 9.84. The van der Waals surface area contributed by atoms with Gasteiger partial charge in [0.05, 0.1) is 0 Å². The number of fused-ring (bicyclic) bond motifs is 3. The minimum Gasteiger partial charge on any atom is -0.0730 e. The van der Waals surface area contributed by atoms with E-state index in [0.29, 0.717) is 5.92 Å². The summed E-state index contributed by atoms with van der Waals surface area (Å²) in [4.78, 5) is 0. The zero-order chi connectivity index (χ0) is 13.5. The van der Waals surface area contributed by atoms with Gasteiger partial charge in [-0.3, -0.25) is 0 Å². The molecule has 0 bridgehead atoms. The largest absolute Gasteiger partial charge is 0.0730 e. The van der Waals surface area contributed by atoms with E-state index in [1.165, 1.54) is 40.7 Å². The third kappa shape index (κ3) is 1.68. The molecule has 4 rings (SSSR count). The Balaban J connectivity index is 1.92. The van der Waals surface area contributed by atoms with Gasteiger partial charge in [-0.05, 0) is 42.0 Å². The summed E-state index contributed by atoms with van der Waals surface area (Å²) < 4.78 is 0. The Kier molecular flexibility index (Phi) is 2.63. The summed E-state index contributed by atoms with van der Waals surface area (Å²) in [6.07, 6.45) is 7.03. The van der Waals surface area contributed by atoms with Crippen LogP contribution in [0, 0.1) is 0 Å². The fourth-order valence-electron chi connectivity index (χ4n) is 3.55. The van der Waals surface area contributed by atoms with Crippen molar-refractivity contribution in [2.75, 3.05) is 0 Å². The Bertz CT molecular complexity index is 686. The molecule has 98 valence electrons. The van der Waals surface area contributed by atoms with Gasteiger partial charge in [0.1, 0.15) is 0 Å². The summed E-state index contributed by atoms with van der Waals surface area (Å²) in [7, 11) is 0. The Morgan fingerprint density at radius 2 is 1.35 bits per heavy atom. The number of benzene rings is 2. The maximum absolute atomic E-state index is 2.35. The highest BCUT2D eigenvalue weighted by Crippen LogP contribution is 2.49. The van der Waals surface area contributed by atoms with Gasteiger partial charge >= 0.3 is 0 Å². The van der Waals surface area contributed by atoms with E-state index in [1.54, 1.807) is 5.57 Å². The molecule has 0 radical (unpaired) electrons. The van der Waals surface area contributed by atoms with Crippen LogP contribution in [0.15, 0.2) is 71.8 Å². The second-order valence-corrected chi connectivity index (χ2v) is 5.86. The molecule has 0 heteroatoms. The third-order valence-electron chi connectivity index (χ3n) is 4.59. The van der Waals surface area contributed by atoms with Crippen LogP contribution in [0.25, 0.3) is 11.1 Å². The van der Waals surface area contributed by atoms with Crippen molar-refractivity contribution in [3.05, 3.63) is 83.0 Å². The van der Waals surface area contributed by atoms with Crippen molar-refractivity contribution in [1.29, 1.82) is 0 Å². The Labute approximate surface area is 120 Å². The third-order valence-corrected chi connectivity index (χ3v) is 4.59. The van der Waals surface area contributed by atoms with Crippen LogP contribution < -0.4 is 0 Å². The van der Waals surface area contributed by atoms with E-state index in [1.807, 2.05) is 0 Å². The SMILES string of the molecule is CC1=CC=C(C2c3ccccc3-c3ccccc32)CC1. The van der Waals surface area contributed by atoms with Crippen molar-refractivity contribution in [3.8, 4) is 11.1 Å². The minimum atomic E-state index is 0.465. The molecule has 0 atom stereocenters. The van der Waals surface area contributed by atoms with Gasteiger partial charge < -0.3 is 0 Å². The summed E-state index contributed by atoms with van der Waals surface area (Å²) in [5.41, 5.74) is 8.85. The highest BCUT2D eigenvalue weighted by atomic mass is 14.3. The molecule has 0 heterocycles. The molecule has 0 spiro atoms. The lowest BCUT2D eigenvalue weighted by Gasteiger charge is -2.20. The molecule has 0 saturated carbocycles. The van der Waals surface area contributed by atoms with Crippen LogP contribution in [0.1, 0.15) is 36.8 Å². The van der Waals surface area contributed by atoms with Crippen LogP contribution in [0.3, 0.4) is 0 Å². The fourth-order valence-corrected chi connectivity index (χ4v) is 3.55. The van der Waals surface area contributed by atoms with Gasteiger partial charge in [-0.2, -0.15) is 0 Å². The van der Waals surface area contributed by atoms with Gasteiger partial charge in [-0.1, -0.05) is 71.8 Å². The fraction of sp³-hybridized carbons (Fsp3) is 0.200. The van der Waals surface area contributed by atoms with E-state index < -0.39 is 0 Å². The molecule has 0 aliphatic heterocycles. The molecule has 2 aromatic rings. The number of hydrogen-bond donors (Lipinski definition) is 0. The van der Waals surface area contributed by atoms with Gasteiger partial charge in [0.15, 0.2) is 0 Å². The molecule has 0 unspecified atom stereocenters. The number of rotatable bonds is 1. The molecule has 2 aliphatic rings. The maximum Gasteiger partial charge on any atom is 0.0314 e. The first-order valence-electron chi connectivity index (χ1n) is 7.39. The van der Waals surface area contributed by atoms with Gasteiger partial charge in [0, 0.05) is 5.92 Å². The summed E-state index contributed by atoms with van der Waals surface area (Å²) >= 11 is 0. The van der Waals surface area contributed by atoms with Crippen LogP contribution in [0.2, 0.25) is 0 Å². The van der Waals surface area contributed by atoms with Crippen molar-refractivity contribution in [3.63, 3.8) is 0 Å². The van der Waals surface area contributed by atoms with E-state index >= 15 is 0 Å². The second-order valence-electron chi connectivity index (χ2n) is 5.86. The quantitative estimate of drug-likeness (QED) is 0.636. The minimum absolute atomic E-state index is 0.465. The molecule has 0 nitrogen and oxygen atoms in total. The first kappa shape index (κ1) is 11.7. The lowest BCUT2D eigenvalue weighted by molar-refractivity contribution is 0.819. The van der Waals surface area contributed by atoms with Crippen LogP contribution in [-0.4, -0.2) is 0 Å². The molecule has 20 heavy (non-hydrogen) atoms. The zero-order valence-corrected chi connectivity index (χ0v) is 11.8. The average molecular weight is 258 g/mol. The maximum atomic E-state index is 2.35. The highest BCUT2D eigenvalue weighted by Gasteiger charge is 2.30. The monoisotopic (exact) mass is 258 g/mol. The van der Waals surface area contributed by atoms with Crippen molar-refractivity contribution >= 4 is 0 Å². The van der Waals surface area contributed by atoms with Crippen molar-refractivity contribution in [2.45, 2.75) is 25.7 Å². The molecular weight excluding hydrogens is 240 g/mol. The van der Waals surface area contributed by atoms with E-state index in [2.05, 4.69) is 67.6 Å². The van der Waals surface area contributed by atoms with Crippen LogP contribution in [0.4, 0.5) is 0 Å². The van der Waals surface area contributed by atoms with Gasteiger partial charge in [0.25, 0.3) is 0 Å². The lowest BCUT2D eigenvalue weighted by atomic mass is 9.83. The predicted octanol–water partition coefficient (Wildman–Crippen LogP) is 5.47. The molecule has 0 N–H and O–H groups in total. The topological polar surface area (TPSA) is 0 Å². The summed E-state index contributed by atoms with van der Waals surface area (Å²) in [5, 5.41) is 0. The highest BCUT2D eigenvalue weighted by molar-refractivity contribution is 5.80. The van der Waals surface area contributed by atoms with Gasteiger partial charge in [-0.25, -0.2) is 0 Å². The average Bonchev–Trinajstić information content (AvgIpc) is 2.83. The molecule has 0 fully saturated rings. The van der Waals surface area contributed by atoms with Crippen LogP contribution in [0.5, 0.6) is 0 Å². The van der Waals surface area contributed by atoms with E-state index in [-0.39, 0.29) is 0 Å². The Morgan fingerprint density at radius 3 is 1.90 bits per heavy atom. The van der Waals surface area contributed by atoms with Gasteiger partial charge in [0.2, 0.25) is 0 Å². The molecule has 0 saturated heterocycles. The number of hydrogen-bond acceptors (Lipinski definition) is 0. The smallest absolute Gasteiger partial charge is 0.0314 e. The van der Waals surface area contributed by atoms with Crippen molar-refractivity contribution in [2.24, 2.45) is 0 Å².